The van der Waals surface area contributed by atoms with Gasteiger partial charge in [-0.25, -0.2) is 4.98 Å². The van der Waals surface area contributed by atoms with Crippen LogP contribution in [0, 0.1) is 11.3 Å². The summed E-state index contributed by atoms with van der Waals surface area (Å²) in [6, 6.07) is 19.5. The first-order chi connectivity index (χ1) is 12.2. The molecule has 122 valence electrons. The number of nitriles is 1. The van der Waals surface area contributed by atoms with Crippen molar-refractivity contribution < 1.29 is 4.79 Å². The number of halogens is 1. The standard InChI is InChI=1S/C19H13ClN4O/c20-16-7-3-2-6-15(16)19(25)23-14-9-10-18(22-12-14)24-17-8-4-1-5-13(17)11-21/h1-10,12H,(H,22,24)(H,23,25). The van der Waals surface area contributed by atoms with Crippen LogP contribution in [0.15, 0.2) is 66.9 Å². The van der Waals surface area contributed by atoms with Crippen molar-refractivity contribution in [3.63, 3.8) is 0 Å². The maximum absolute atomic E-state index is 12.2. The number of hydrogen-bond acceptors (Lipinski definition) is 4. The van der Waals surface area contributed by atoms with Crippen molar-refractivity contribution in [1.82, 2.24) is 4.98 Å². The second-order valence-electron chi connectivity index (χ2n) is 5.15. The molecule has 5 nitrogen and oxygen atoms in total. The highest BCUT2D eigenvalue weighted by Crippen LogP contribution is 2.21. The number of para-hydroxylation sites is 1. The SMILES string of the molecule is N#Cc1ccccc1Nc1ccc(NC(=O)c2ccccc2Cl)cn1. The molecule has 0 saturated heterocycles. The summed E-state index contributed by atoms with van der Waals surface area (Å²) in [6.45, 7) is 0. The molecule has 0 aliphatic heterocycles. The van der Waals surface area contributed by atoms with Crippen molar-refractivity contribution >= 4 is 34.7 Å². The molecule has 1 aromatic heterocycles. The van der Waals surface area contributed by atoms with Crippen molar-refractivity contribution in [3.05, 3.63) is 83.0 Å². The molecule has 0 atom stereocenters. The van der Waals surface area contributed by atoms with Gasteiger partial charge in [0, 0.05) is 0 Å². The summed E-state index contributed by atoms with van der Waals surface area (Å²) in [4.78, 5) is 16.5. The first-order valence-corrected chi connectivity index (χ1v) is 7.83. The quantitative estimate of drug-likeness (QED) is 0.722. The first-order valence-electron chi connectivity index (χ1n) is 7.45. The summed E-state index contributed by atoms with van der Waals surface area (Å²) in [7, 11) is 0. The van der Waals surface area contributed by atoms with Crippen LogP contribution in [0.25, 0.3) is 0 Å². The monoisotopic (exact) mass is 348 g/mol. The molecule has 2 aromatic carbocycles. The minimum atomic E-state index is -0.303. The van der Waals surface area contributed by atoms with Crippen LogP contribution >= 0.6 is 11.6 Å². The van der Waals surface area contributed by atoms with Crippen molar-refractivity contribution in [3.8, 4) is 6.07 Å². The highest BCUT2D eigenvalue weighted by molar-refractivity contribution is 6.34. The Labute approximate surface area is 149 Å². The summed E-state index contributed by atoms with van der Waals surface area (Å²) in [5.41, 5.74) is 2.14. The molecule has 0 unspecified atom stereocenters. The van der Waals surface area contributed by atoms with E-state index >= 15 is 0 Å². The Morgan fingerprint density at radius 2 is 1.80 bits per heavy atom. The molecule has 1 amide bonds. The molecule has 3 rings (SSSR count). The molecular formula is C19H13ClN4O. The summed E-state index contributed by atoms with van der Waals surface area (Å²) in [6.07, 6.45) is 1.53. The lowest BCUT2D eigenvalue weighted by Crippen LogP contribution is -2.12. The fraction of sp³-hybridized carbons (Fsp3) is 0. The lowest BCUT2D eigenvalue weighted by Gasteiger charge is -2.09. The van der Waals surface area contributed by atoms with Gasteiger partial charge in [0.05, 0.1) is 33.7 Å². The molecule has 0 saturated carbocycles. The predicted molar refractivity (Wildman–Crippen MR) is 98.1 cm³/mol. The molecule has 6 heteroatoms. The van der Waals surface area contributed by atoms with Gasteiger partial charge >= 0.3 is 0 Å². The van der Waals surface area contributed by atoms with E-state index in [1.165, 1.54) is 6.20 Å². The molecule has 0 aliphatic rings. The zero-order valence-corrected chi connectivity index (χ0v) is 13.8. The van der Waals surface area contributed by atoms with Crippen LogP contribution in [0.4, 0.5) is 17.2 Å². The smallest absolute Gasteiger partial charge is 0.257 e. The van der Waals surface area contributed by atoms with Gasteiger partial charge in [-0.3, -0.25) is 4.79 Å². The van der Waals surface area contributed by atoms with Crippen LogP contribution < -0.4 is 10.6 Å². The van der Waals surface area contributed by atoms with Gasteiger partial charge in [0.2, 0.25) is 0 Å². The third kappa shape index (κ3) is 3.94. The summed E-state index contributed by atoms with van der Waals surface area (Å²) < 4.78 is 0. The summed E-state index contributed by atoms with van der Waals surface area (Å²) >= 11 is 6.02. The highest BCUT2D eigenvalue weighted by atomic mass is 35.5. The van der Waals surface area contributed by atoms with E-state index in [-0.39, 0.29) is 5.91 Å². The number of carbonyl (C=O) groups excluding carboxylic acids is 1. The van der Waals surface area contributed by atoms with Gasteiger partial charge in [-0.2, -0.15) is 5.26 Å². The molecule has 0 radical (unpaired) electrons. The number of aromatic nitrogens is 1. The normalized spacial score (nSPS) is 9.92. The van der Waals surface area contributed by atoms with E-state index in [1.54, 1.807) is 54.6 Å². The number of anilines is 3. The van der Waals surface area contributed by atoms with Gasteiger partial charge in [0.25, 0.3) is 5.91 Å². The van der Waals surface area contributed by atoms with Crippen molar-refractivity contribution in [2.24, 2.45) is 0 Å². The number of amides is 1. The van der Waals surface area contributed by atoms with Crippen LogP contribution in [0.2, 0.25) is 5.02 Å². The minimum Gasteiger partial charge on any atom is -0.339 e. The predicted octanol–water partition coefficient (Wildman–Crippen LogP) is 4.60. The van der Waals surface area contributed by atoms with Crippen molar-refractivity contribution in [1.29, 1.82) is 5.26 Å². The second kappa shape index (κ2) is 7.47. The Morgan fingerprint density at radius 3 is 2.52 bits per heavy atom. The Bertz CT molecular complexity index is 948. The number of nitrogens with zero attached hydrogens (tertiary/aromatic N) is 2. The first kappa shape index (κ1) is 16.5. The van der Waals surface area contributed by atoms with Gasteiger partial charge in [0.15, 0.2) is 0 Å². The molecule has 0 fully saturated rings. The third-order valence-corrected chi connectivity index (χ3v) is 3.78. The molecule has 25 heavy (non-hydrogen) atoms. The van der Waals surface area contributed by atoms with Crippen LogP contribution in [-0.4, -0.2) is 10.9 Å². The van der Waals surface area contributed by atoms with E-state index in [1.807, 2.05) is 6.07 Å². The topological polar surface area (TPSA) is 77.8 Å². The Balaban J connectivity index is 1.72. The average Bonchev–Trinajstić information content (AvgIpc) is 2.64. The second-order valence-corrected chi connectivity index (χ2v) is 5.56. The lowest BCUT2D eigenvalue weighted by molar-refractivity contribution is 0.102. The van der Waals surface area contributed by atoms with Crippen LogP contribution in [-0.2, 0) is 0 Å². The van der Waals surface area contributed by atoms with E-state index in [4.69, 9.17) is 16.9 Å². The Morgan fingerprint density at radius 1 is 1.04 bits per heavy atom. The largest absolute Gasteiger partial charge is 0.339 e. The third-order valence-electron chi connectivity index (χ3n) is 3.45. The number of nitrogens with one attached hydrogen (secondary N) is 2. The summed E-state index contributed by atoms with van der Waals surface area (Å²) in [5.74, 6) is 0.265. The molecule has 3 aromatic rings. The molecule has 0 aliphatic carbocycles. The zero-order chi connectivity index (χ0) is 17.6. The van der Waals surface area contributed by atoms with Gasteiger partial charge < -0.3 is 10.6 Å². The maximum atomic E-state index is 12.2. The highest BCUT2D eigenvalue weighted by Gasteiger charge is 2.10. The number of pyridine rings is 1. The summed E-state index contributed by atoms with van der Waals surface area (Å²) in [5, 5.41) is 15.3. The maximum Gasteiger partial charge on any atom is 0.257 e. The van der Waals surface area contributed by atoms with Crippen molar-refractivity contribution in [2.45, 2.75) is 0 Å². The number of rotatable bonds is 4. The fourth-order valence-electron chi connectivity index (χ4n) is 2.21. The molecule has 0 bridgehead atoms. The van der Waals surface area contributed by atoms with E-state index < -0.39 is 0 Å². The van der Waals surface area contributed by atoms with E-state index in [9.17, 15) is 4.79 Å². The van der Waals surface area contributed by atoms with E-state index in [0.717, 1.165) is 0 Å². The molecular weight excluding hydrogens is 336 g/mol. The van der Waals surface area contributed by atoms with Gasteiger partial charge in [0.1, 0.15) is 11.9 Å². The number of carbonyl (C=O) groups is 1. The van der Waals surface area contributed by atoms with Gasteiger partial charge in [-0.1, -0.05) is 35.9 Å². The number of benzene rings is 2. The van der Waals surface area contributed by atoms with Crippen LogP contribution in [0.1, 0.15) is 15.9 Å². The fourth-order valence-corrected chi connectivity index (χ4v) is 2.43. The van der Waals surface area contributed by atoms with Crippen LogP contribution in [0.5, 0.6) is 0 Å². The van der Waals surface area contributed by atoms with Gasteiger partial charge in [-0.05, 0) is 36.4 Å². The average molecular weight is 349 g/mol. The molecule has 1 heterocycles. The van der Waals surface area contributed by atoms with Crippen LogP contribution in [0.3, 0.4) is 0 Å². The van der Waals surface area contributed by atoms with Gasteiger partial charge in [-0.15, -0.1) is 0 Å². The lowest BCUT2D eigenvalue weighted by atomic mass is 10.2. The Hall–Kier alpha value is -3.36. The molecule has 0 spiro atoms. The minimum absolute atomic E-state index is 0.303. The molecule has 2 N–H and O–H groups in total. The van der Waals surface area contributed by atoms with E-state index in [0.29, 0.717) is 33.3 Å². The number of hydrogen-bond donors (Lipinski definition) is 2. The van der Waals surface area contributed by atoms with E-state index in [2.05, 4.69) is 21.7 Å². The zero-order valence-electron chi connectivity index (χ0n) is 13.0. The van der Waals surface area contributed by atoms with Crippen molar-refractivity contribution in [2.75, 3.05) is 10.6 Å². The Kier molecular flexibility index (Phi) is 4.93.